The maximum atomic E-state index is 12.0. The van der Waals surface area contributed by atoms with Gasteiger partial charge in [0.05, 0.1) is 13.2 Å². The summed E-state index contributed by atoms with van der Waals surface area (Å²) in [5, 5.41) is 12.0. The standard InChI is InChI=1S/C18H33BrN3O3Si2/c1-26(2,3)9-7-24-14-22(15-25-8-10-27(4,5)6)13-20-18-16(19)11-21(23)12-17(18)22/h11-13H,7-10,14-15H2,1-6H3/q+1. The molecule has 0 amide bonds. The zero-order valence-corrected chi connectivity index (χ0v) is 21.0. The summed E-state index contributed by atoms with van der Waals surface area (Å²) in [6.45, 7) is 16.3. The first-order valence-corrected chi connectivity index (χ1v) is 17.6. The minimum absolute atomic E-state index is 0.300. The maximum absolute atomic E-state index is 12.0. The average molecular weight is 476 g/mol. The van der Waals surface area contributed by atoms with Crippen LogP contribution in [0.5, 0.6) is 0 Å². The van der Waals surface area contributed by atoms with Crippen molar-refractivity contribution in [2.45, 2.75) is 51.4 Å². The molecule has 0 fully saturated rings. The van der Waals surface area contributed by atoms with E-state index in [-0.39, 0.29) is 0 Å². The number of hydrogen-bond donors (Lipinski definition) is 0. The van der Waals surface area contributed by atoms with E-state index in [4.69, 9.17) is 9.47 Å². The molecule has 27 heavy (non-hydrogen) atoms. The molecule has 0 saturated carbocycles. The molecule has 2 rings (SSSR count). The van der Waals surface area contributed by atoms with Gasteiger partial charge in [0.1, 0.15) is 4.47 Å². The van der Waals surface area contributed by atoms with Crippen LogP contribution in [-0.2, 0) is 9.47 Å². The third-order valence-electron chi connectivity index (χ3n) is 4.48. The van der Waals surface area contributed by atoms with Crippen LogP contribution in [0.15, 0.2) is 21.9 Å². The largest absolute Gasteiger partial charge is 0.619 e. The summed E-state index contributed by atoms with van der Waals surface area (Å²) in [6.07, 6.45) is 4.91. The number of aliphatic imine (C=N–C) groups is 1. The molecule has 1 aromatic rings. The third kappa shape index (κ3) is 6.76. The lowest BCUT2D eigenvalue weighted by molar-refractivity contribution is -0.605. The van der Waals surface area contributed by atoms with Gasteiger partial charge in [-0.1, -0.05) is 39.3 Å². The zero-order chi connectivity index (χ0) is 20.3. The van der Waals surface area contributed by atoms with Crippen LogP contribution in [0.4, 0.5) is 11.4 Å². The third-order valence-corrected chi connectivity index (χ3v) is 8.47. The molecule has 0 aromatic carbocycles. The zero-order valence-electron chi connectivity index (χ0n) is 17.4. The highest BCUT2D eigenvalue weighted by Gasteiger charge is 2.41. The first kappa shape index (κ1) is 22.7. The summed E-state index contributed by atoms with van der Waals surface area (Å²) in [7, 11) is -2.31. The molecule has 6 nitrogen and oxygen atoms in total. The van der Waals surface area contributed by atoms with Gasteiger partial charge >= 0.3 is 0 Å². The minimum atomic E-state index is -1.15. The first-order valence-electron chi connectivity index (χ1n) is 9.42. The molecule has 1 aliphatic rings. The molecule has 2 heterocycles. The summed E-state index contributed by atoms with van der Waals surface area (Å²) >= 11 is 3.45. The van der Waals surface area contributed by atoms with Crippen LogP contribution in [0, 0.1) is 5.21 Å². The number of nitrogens with zero attached hydrogens (tertiary/aromatic N) is 3. The lowest BCUT2D eigenvalue weighted by atomic mass is 10.3. The Labute approximate surface area is 173 Å². The molecular formula is C18H33BrN3O3Si2+. The minimum Gasteiger partial charge on any atom is -0.619 e. The van der Waals surface area contributed by atoms with Gasteiger partial charge in [0.25, 0.3) is 0 Å². The summed E-state index contributed by atoms with van der Waals surface area (Å²) in [5.74, 6) is 0. The molecule has 0 atom stereocenters. The van der Waals surface area contributed by atoms with Crippen LogP contribution >= 0.6 is 15.9 Å². The van der Waals surface area contributed by atoms with Crippen LogP contribution in [0.1, 0.15) is 0 Å². The Morgan fingerprint density at radius 2 is 1.52 bits per heavy atom. The van der Waals surface area contributed by atoms with Crippen molar-refractivity contribution in [2.24, 2.45) is 4.99 Å². The second-order valence-corrected chi connectivity index (χ2v) is 21.8. The van der Waals surface area contributed by atoms with E-state index in [1.54, 1.807) is 6.20 Å². The van der Waals surface area contributed by atoms with Crippen molar-refractivity contribution in [3.63, 3.8) is 0 Å². The Bertz CT molecular complexity index is 666. The van der Waals surface area contributed by atoms with Gasteiger partial charge in [-0.25, -0.2) is 0 Å². The SMILES string of the molecule is C[Si](C)(C)CCOC[N+]1(COCC[Si](C)(C)C)C=Nc2c(Br)c[n+]([O-])cc21. The van der Waals surface area contributed by atoms with E-state index in [0.29, 0.717) is 22.4 Å². The fourth-order valence-corrected chi connectivity index (χ4v) is 4.67. The predicted octanol–water partition coefficient (Wildman–Crippen LogP) is 4.69. The van der Waals surface area contributed by atoms with Crippen LogP contribution < -0.4 is 9.21 Å². The molecule has 0 radical (unpaired) electrons. The van der Waals surface area contributed by atoms with Crippen molar-refractivity contribution in [1.82, 2.24) is 4.48 Å². The normalized spacial score (nSPS) is 16.0. The van der Waals surface area contributed by atoms with Gasteiger partial charge in [-0.15, -0.1) is 0 Å². The Morgan fingerprint density at radius 3 is 2.00 bits per heavy atom. The van der Waals surface area contributed by atoms with Crippen LogP contribution in [-0.4, -0.2) is 49.2 Å². The highest BCUT2D eigenvalue weighted by Crippen LogP contribution is 2.41. The second-order valence-electron chi connectivity index (χ2n) is 9.67. The highest BCUT2D eigenvalue weighted by atomic mass is 79.9. The lowest BCUT2D eigenvalue weighted by Crippen LogP contribution is -2.51. The van der Waals surface area contributed by atoms with Crippen molar-refractivity contribution in [3.05, 3.63) is 22.1 Å². The summed E-state index contributed by atoms with van der Waals surface area (Å²) in [4.78, 5) is 4.55. The van der Waals surface area contributed by atoms with Gasteiger partial charge in [-0.05, 0) is 28.0 Å². The Balaban J connectivity index is 2.13. The Morgan fingerprint density at radius 1 is 1.00 bits per heavy atom. The topological polar surface area (TPSA) is 57.8 Å². The molecule has 152 valence electrons. The molecule has 0 bridgehead atoms. The van der Waals surface area contributed by atoms with E-state index in [9.17, 15) is 5.21 Å². The number of ether oxygens (including phenoxy) is 2. The Hall–Kier alpha value is -0.586. The van der Waals surface area contributed by atoms with Crippen LogP contribution in [0.3, 0.4) is 0 Å². The Kier molecular flexibility index (Phi) is 7.43. The van der Waals surface area contributed by atoms with Gasteiger partial charge < -0.3 is 14.7 Å². The quantitative estimate of drug-likeness (QED) is 0.162. The van der Waals surface area contributed by atoms with E-state index in [1.807, 2.05) is 6.34 Å². The molecule has 0 N–H and O–H groups in total. The predicted molar refractivity (Wildman–Crippen MR) is 121 cm³/mol. The number of quaternary nitrogens is 1. The van der Waals surface area contributed by atoms with Crippen molar-refractivity contribution in [2.75, 3.05) is 26.7 Å². The van der Waals surface area contributed by atoms with Crippen molar-refractivity contribution in [3.8, 4) is 0 Å². The molecule has 1 aromatic heterocycles. The first-order chi connectivity index (χ1) is 12.4. The molecular weight excluding hydrogens is 442 g/mol. The number of hydrogen-bond acceptors (Lipinski definition) is 4. The van der Waals surface area contributed by atoms with Crippen molar-refractivity contribution >= 4 is 49.8 Å². The number of rotatable bonds is 10. The molecule has 1 aliphatic heterocycles. The number of pyridine rings is 1. The van der Waals surface area contributed by atoms with E-state index in [0.717, 1.165) is 41.4 Å². The average Bonchev–Trinajstić information content (AvgIpc) is 2.86. The molecule has 0 spiro atoms. The van der Waals surface area contributed by atoms with Gasteiger partial charge in [-0.3, -0.25) is 0 Å². The lowest BCUT2D eigenvalue weighted by Gasteiger charge is -2.29. The van der Waals surface area contributed by atoms with E-state index in [2.05, 4.69) is 60.2 Å². The molecule has 0 saturated heterocycles. The van der Waals surface area contributed by atoms with Gasteiger partial charge in [0.2, 0.25) is 11.9 Å². The molecule has 9 heteroatoms. The van der Waals surface area contributed by atoms with Crippen LogP contribution in [0.2, 0.25) is 51.4 Å². The van der Waals surface area contributed by atoms with Gasteiger partial charge in [0.15, 0.2) is 31.7 Å². The highest BCUT2D eigenvalue weighted by molar-refractivity contribution is 9.10. The van der Waals surface area contributed by atoms with Gasteiger partial charge in [0, 0.05) is 16.1 Å². The monoisotopic (exact) mass is 474 g/mol. The smallest absolute Gasteiger partial charge is 0.244 e. The number of halogens is 1. The van der Waals surface area contributed by atoms with Gasteiger partial charge in [-0.2, -0.15) is 14.2 Å². The summed E-state index contributed by atoms with van der Waals surface area (Å²) in [6, 6.07) is 2.21. The maximum Gasteiger partial charge on any atom is 0.244 e. The summed E-state index contributed by atoms with van der Waals surface area (Å²) < 4.78 is 13.9. The fraction of sp³-hybridized carbons (Fsp3) is 0.667. The van der Waals surface area contributed by atoms with Crippen molar-refractivity contribution in [1.29, 1.82) is 0 Å². The fourth-order valence-electron chi connectivity index (χ4n) is 2.65. The van der Waals surface area contributed by atoms with E-state index in [1.165, 1.54) is 6.20 Å². The van der Waals surface area contributed by atoms with E-state index >= 15 is 0 Å². The van der Waals surface area contributed by atoms with Crippen molar-refractivity contribution < 1.29 is 14.2 Å². The van der Waals surface area contributed by atoms with E-state index < -0.39 is 16.1 Å². The summed E-state index contributed by atoms with van der Waals surface area (Å²) in [5.41, 5.74) is 1.60. The number of fused-ring (bicyclic) bond motifs is 1. The molecule has 0 unspecified atom stereocenters. The molecule has 0 aliphatic carbocycles. The second kappa shape index (κ2) is 8.83. The van der Waals surface area contributed by atoms with Crippen LogP contribution in [0.25, 0.3) is 0 Å². The number of aromatic nitrogens is 1.